The van der Waals surface area contributed by atoms with Crippen LogP contribution in [-0.2, 0) is 24.9 Å². The van der Waals surface area contributed by atoms with Gasteiger partial charge in [-0.3, -0.25) is 19.3 Å². The van der Waals surface area contributed by atoms with E-state index >= 15 is 0 Å². The molecule has 0 saturated carbocycles. The summed E-state index contributed by atoms with van der Waals surface area (Å²) in [6, 6.07) is 19.0. The molecule has 40 heavy (non-hydrogen) atoms. The number of Topliss-reactive ketones (excluding diaryl/α,β-unsaturated/α-hetero) is 1. The lowest BCUT2D eigenvalue weighted by molar-refractivity contribution is -0.163. The quantitative estimate of drug-likeness (QED) is 0.269. The number of nitrogens with zero attached hydrogens (tertiary/aromatic N) is 1. The van der Waals surface area contributed by atoms with Gasteiger partial charge in [-0.2, -0.15) is 0 Å². The molecular formula is C30H25NO9. The topological polar surface area (TPSA) is 137 Å². The molecule has 0 radical (unpaired) electrons. The van der Waals surface area contributed by atoms with Crippen molar-refractivity contribution in [2.24, 2.45) is 0 Å². The van der Waals surface area contributed by atoms with Crippen LogP contribution in [0.3, 0.4) is 0 Å². The third-order valence-corrected chi connectivity index (χ3v) is 6.40. The van der Waals surface area contributed by atoms with Gasteiger partial charge in [0.25, 0.3) is 11.8 Å². The molecule has 10 nitrogen and oxygen atoms in total. The Balaban J connectivity index is 1.47. The number of imide groups is 1. The zero-order valence-corrected chi connectivity index (χ0v) is 21.9. The molecule has 0 bridgehead atoms. The van der Waals surface area contributed by atoms with Crippen LogP contribution in [0.25, 0.3) is 0 Å². The third-order valence-electron chi connectivity index (χ3n) is 6.40. The molecule has 0 aromatic heterocycles. The molecule has 10 heteroatoms. The van der Waals surface area contributed by atoms with Crippen LogP contribution < -0.4 is 9.47 Å². The zero-order chi connectivity index (χ0) is 28.8. The standard InChI is InChI=1S/C30H25NO9/c1-29(2,3)40-28(37)22(32)16-21(27(35)36)31-25(33)19-14-23-24(15-20(19)26(31)34)39-30(38-23,17-10-6-4-7-11-17)18-12-8-5-9-13-18/h4-15,21H,16H2,1-3H3,(H,35,36). The van der Waals surface area contributed by atoms with Crippen LogP contribution in [-0.4, -0.2) is 51.2 Å². The van der Waals surface area contributed by atoms with Crippen molar-refractivity contribution >= 4 is 29.5 Å². The third kappa shape index (κ3) is 4.57. The van der Waals surface area contributed by atoms with Gasteiger partial charge in [0.15, 0.2) is 11.5 Å². The highest BCUT2D eigenvalue weighted by Crippen LogP contribution is 2.49. The summed E-state index contributed by atoms with van der Waals surface area (Å²) >= 11 is 0. The molecule has 3 aromatic rings. The van der Waals surface area contributed by atoms with Gasteiger partial charge in [0.2, 0.25) is 5.78 Å². The SMILES string of the molecule is CC(C)(C)OC(=O)C(=O)CC(C(=O)O)N1C(=O)c2cc3c(cc2C1=O)OC(c1ccccc1)(c1ccccc1)O3. The summed E-state index contributed by atoms with van der Waals surface area (Å²) in [4.78, 5) is 63.9. The number of carbonyl (C=O) groups excluding carboxylic acids is 4. The molecule has 2 heterocycles. The number of hydrogen-bond donors (Lipinski definition) is 1. The molecule has 0 spiro atoms. The van der Waals surface area contributed by atoms with Crippen molar-refractivity contribution in [3.8, 4) is 11.5 Å². The smallest absolute Gasteiger partial charge is 0.375 e. The van der Waals surface area contributed by atoms with E-state index < -0.39 is 53.4 Å². The minimum absolute atomic E-state index is 0.111. The second-order valence-corrected chi connectivity index (χ2v) is 10.4. The lowest BCUT2D eigenvalue weighted by atomic mass is 9.97. The molecule has 204 valence electrons. The molecular weight excluding hydrogens is 518 g/mol. The molecule has 5 rings (SSSR count). The maximum atomic E-state index is 13.4. The summed E-state index contributed by atoms with van der Waals surface area (Å²) in [6.07, 6.45) is -0.937. The maximum absolute atomic E-state index is 13.4. The first-order chi connectivity index (χ1) is 18.9. The van der Waals surface area contributed by atoms with Crippen molar-refractivity contribution in [1.82, 2.24) is 4.90 Å². The number of rotatable bonds is 7. The molecule has 2 aliphatic heterocycles. The summed E-state index contributed by atoms with van der Waals surface area (Å²) in [6.45, 7) is 4.64. The fourth-order valence-corrected chi connectivity index (χ4v) is 4.64. The molecule has 3 aromatic carbocycles. The molecule has 1 atom stereocenters. The Hall–Kier alpha value is -4.99. The van der Waals surface area contributed by atoms with Gasteiger partial charge < -0.3 is 19.3 Å². The van der Waals surface area contributed by atoms with Crippen LogP contribution >= 0.6 is 0 Å². The van der Waals surface area contributed by atoms with Crippen LogP contribution in [0, 0.1) is 0 Å². The molecule has 1 N–H and O–H groups in total. The Morgan fingerprint density at radius 3 is 1.70 bits per heavy atom. The van der Waals surface area contributed by atoms with Crippen LogP contribution in [0.15, 0.2) is 72.8 Å². The Morgan fingerprint density at radius 2 is 1.30 bits per heavy atom. The van der Waals surface area contributed by atoms with E-state index in [1.165, 1.54) is 12.1 Å². The first kappa shape index (κ1) is 26.6. The second-order valence-electron chi connectivity index (χ2n) is 10.4. The summed E-state index contributed by atoms with van der Waals surface area (Å²) in [7, 11) is 0. The normalized spacial score (nSPS) is 15.9. The van der Waals surface area contributed by atoms with Crippen molar-refractivity contribution in [3.63, 3.8) is 0 Å². The number of carbonyl (C=O) groups is 5. The van der Waals surface area contributed by atoms with E-state index in [1.807, 2.05) is 60.7 Å². The van der Waals surface area contributed by atoms with E-state index in [4.69, 9.17) is 14.2 Å². The van der Waals surface area contributed by atoms with Gasteiger partial charge in [0.1, 0.15) is 11.6 Å². The first-order valence-electron chi connectivity index (χ1n) is 12.5. The molecule has 0 fully saturated rings. The predicted molar refractivity (Wildman–Crippen MR) is 139 cm³/mol. The molecule has 0 saturated heterocycles. The summed E-state index contributed by atoms with van der Waals surface area (Å²) in [5.41, 5.74) is 0.128. The van der Waals surface area contributed by atoms with Gasteiger partial charge >= 0.3 is 17.7 Å². The minimum Gasteiger partial charge on any atom is -0.480 e. The number of carboxylic acid groups (broad SMARTS) is 1. The average molecular weight is 544 g/mol. The number of amides is 2. The van der Waals surface area contributed by atoms with Crippen molar-refractivity contribution in [2.45, 2.75) is 44.6 Å². The fraction of sp³-hybridized carbons (Fsp3) is 0.233. The lowest BCUT2D eigenvalue weighted by Gasteiger charge is -2.28. The largest absolute Gasteiger partial charge is 0.480 e. The molecule has 1 unspecified atom stereocenters. The highest BCUT2D eigenvalue weighted by Gasteiger charge is 2.50. The van der Waals surface area contributed by atoms with E-state index in [9.17, 15) is 29.1 Å². The van der Waals surface area contributed by atoms with E-state index in [1.54, 1.807) is 20.8 Å². The fourth-order valence-electron chi connectivity index (χ4n) is 4.64. The number of fused-ring (bicyclic) bond motifs is 2. The van der Waals surface area contributed by atoms with E-state index in [2.05, 4.69) is 0 Å². The summed E-state index contributed by atoms with van der Waals surface area (Å²) in [5.74, 6) is -6.98. The first-order valence-corrected chi connectivity index (χ1v) is 12.5. The van der Waals surface area contributed by atoms with E-state index in [0.717, 1.165) is 0 Å². The van der Waals surface area contributed by atoms with Crippen LogP contribution in [0.4, 0.5) is 0 Å². The summed E-state index contributed by atoms with van der Waals surface area (Å²) in [5, 5.41) is 9.80. The number of ether oxygens (including phenoxy) is 3. The van der Waals surface area contributed by atoms with Gasteiger partial charge in [-0.1, -0.05) is 60.7 Å². The maximum Gasteiger partial charge on any atom is 0.375 e. The number of hydrogen-bond acceptors (Lipinski definition) is 8. The average Bonchev–Trinajstić information content (AvgIpc) is 3.41. The van der Waals surface area contributed by atoms with Crippen LogP contribution in [0.5, 0.6) is 11.5 Å². The number of ketones is 1. The van der Waals surface area contributed by atoms with Crippen molar-refractivity contribution in [3.05, 3.63) is 95.1 Å². The Bertz CT molecular complexity index is 1450. The number of benzene rings is 3. The van der Waals surface area contributed by atoms with Gasteiger partial charge in [-0.25, -0.2) is 9.59 Å². The number of esters is 1. The van der Waals surface area contributed by atoms with Gasteiger partial charge in [0.05, 0.1) is 11.1 Å². The second kappa shape index (κ2) is 9.64. The van der Waals surface area contributed by atoms with Gasteiger partial charge in [-0.15, -0.1) is 0 Å². The molecule has 0 aliphatic carbocycles. The molecule has 2 amide bonds. The van der Waals surface area contributed by atoms with Gasteiger partial charge in [-0.05, 0) is 32.9 Å². The summed E-state index contributed by atoms with van der Waals surface area (Å²) < 4.78 is 17.7. The highest BCUT2D eigenvalue weighted by molar-refractivity contribution is 6.34. The Kier molecular flexibility index (Phi) is 6.41. The predicted octanol–water partition coefficient (Wildman–Crippen LogP) is 3.71. The van der Waals surface area contributed by atoms with Gasteiger partial charge in [0, 0.05) is 17.5 Å². The Morgan fingerprint density at radius 1 is 0.850 bits per heavy atom. The number of aliphatic carboxylic acids is 1. The minimum atomic E-state index is -1.92. The lowest BCUT2D eigenvalue weighted by Crippen LogP contribution is -2.47. The number of carboxylic acids is 1. The van der Waals surface area contributed by atoms with Crippen molar-refractivity contribution in [1.29, 1.82) is 0 Å². The highest BCUT2D eigenvalue weighted by atomic mass is 16.7. The van der Waals surface area contributed by atoms with Crippen molar-refractivity contribution in [2.75, 3.05) is 0 Å². The van der Waals surface area contributed by atoms with Crippen LogP contribution in [0.1, 0.15) is 59.0 Å². The van der Waals surface area contributed by atoms with Crippen molar-refractivity contribution < 1.29 is 43.3 Å². The molecule has 2 aliphatic rings. The van der Waals surface area contributed by atoms with Crippen LogP contribution in [0.2, 0.25) is 0 Å². The zero-order valence-electron chi connectivity index (χ0n) is 21.9. The Labute approximate surface area is 229 Å². The van der Waals surface area contributed by atoms with E-state index in [-0.39, 0.29) is 22.6 Å². The van der Waals surface area contributed by atoms with E-state index in [0.29, 0.717) is 16.0 Å². The monoisotopic (exact) mass is 543 g/mol.